The molecule has 1 aromatic rings. The molecule has 0 spiro atoms. The molecule has 21 heavy (non-hydrogen) atoms. The molecule has 0 saturated heterocycles. The summed E-state index contributed by atoms with van der Waals surface area (Å²) in [5, 5.41) is 3.54. The molecule has 5 heteroatoms. The zero-order chi connectivity index (χ0) is 15.9. The molecule has 0 fully saturated rings. The smallest absolute Gasteiger partial charge is 0.387 e. The number of rotatable bonds is 9. The summed E-state index contributed by atoms with van der Waals surface area (Å²) in [5.41, 5.74) is 1.07. The average Bonchev–Trinajstić information content (AvgIpc) is 2.49. The van der Waals surface area contributed by atoms with Crippen LogP contribution in [0, 0.1) is 0 Å². The lowest BCUT2D eigenvalue weighted by atomic mass is 10.0. The zero-order valence-electron chi connectivity index (χ0n) is 13.2. The number of nitrogens with one attached hydrogen (secondary N) is 1. The second-order valence-electron chi connectivity index (χ2n) is 5.14. The quantitative estimate of drug-likeness (QED) is 0.703. The Bertz CT molecular complexity index is 399. The summed E-state index contributed by atoms with van der Waals surface area (Å²) in [6.45, 7) is 4.66. The van der Waals surface area contributed by atoms with Crippen LogP contribution in [0.15, 0.2) is 24.3 Å². The highest BCUT2D eigenvalue weighted by atomic mass is 32.2. The Morgan fingerprint density at radius 3 is 2.19 bits per heavy atom. The molecule has 0 amide bonds. The first-order valence-electron chi connectivity index (χ1n) is 7.29. The molecule has 1 aromatic carbocycles. The Morgan fingerprint density at radius 2 is 1.76 bits per heavy atom. The Hall–Kier alpha value is -0.810. The van der Waals surface area contributed by atoms with Crippen LogP contribution in [0.5, 0.6) is 5.75 Å². The van der Waals surface area contributed by atoms with Gasteiger partial charge >= 0.3 is 6.61 Å². The van der Waals surface area contributed by atoms with Crippen molar-refractivity contribution in [2.24, 2.45) is 0 Å². The van der Waals surface area contributed by atoms with Crippen molar-refractivity contribution in [1.29, 1.82) is 0 Å². The fourth-order valence-corrected chi connectivity index (χ4v) is 3.06. The van der Waals surface area contributed by atoms with Crippen LogP contribution in [0.4, 0.5) is 8.78 Å². The summed E-state index contributed by atoms with van der Waals surface area (Å²) in [6, 6.07) is 7.00. The van der Waals surface area contributed by atoms with E-state index in [9.17, 15) is 8.78 Å². The van der Waals surface area contributed by atoms with Crippen LogP contribution in [-0.4, -0.2) is 24.2 Å². The van der Waals surface area contributed by atoms with Crippen LogP contribution in [0.2, 0.25) is 0 Å². The molecule has 120 valence electrons. The molecule has 2 nitrogen and oxygen atoms in total. The summed E-state index contributed by atoms with van der Waals surface area (Å²) in [6.07, 6.45) is 4.38. The highest BCUT2D eigenvalue weighted by Crippen LogP contribution is 2.30. The Balaban J connectivity index is 2.61. The maximum atomic E-state index is 12.1. The number of ether oxygens (including phenoxy) is 1. The molecule has 0 radical (unpaired) electrons. The normalized spacial score (nSPS) is 13.5. The van der Waals surface area contributed by atoms with Crippen molar-refractivity contribution in [3.63, 3.8) is 0 Å². The maximum Gasteiger partial charge on any atom is 0.387 e. The lowest BCUT2D eigenvalue weighted by Gasteiger charge is -2.31. The third kappa shape index (κ3) is 5.47. The van der Waals surface area contributed by atoms with Gasteiger partial charge in [-0.05, 0) is 43.7 Å². The average molecular weight is 317 g/mol. The van der Waals surface area contributed by atoms with Gasteiger partial charge in [0, 0.05) is 17.3 Å². The molecule has 1 N–H and O–H groups in total. The Labute approximate surface area is 130 Å². The number of hydrogen-bond donors (Lipinski definition) is 1. The number of benzene rings is 1. The van der Waals surface area contributed by atoms with E-state index in [4.69, 9.17) is 0 Å². The standard InChI is InChI=1S/C16H25F2NOS/c1-5-16(6-2,21-4)11-19-12(3)13-7-9-14(10-8-13)20-15(17)18/h7-10,12,15,19H,5-6,11H2,1-4H3. The van der Waals surface area contributed by atoms with Crippen molar-refractivity contribution in [3.8, 4) is 5.75 Å². The fraction of sp³-hybridized carbons (Fsp3) is 0.625. The molecular weight excluding hydrogens is 292 g/mol. The van der Waals surface area contributed by atoms with Gasteiger partial charge in [-0.25, -0.2) is 0 Å². The van der Waals surface area contributed by atoms with Gasteiger partial charge in [0.2, 0.25) is 0 Å². The minimum Gasteiger partial charge on any atom is -0.435 e. The first-order chi connectivity index (χ1) is 9.96. The summed E-state index contributed by atoms with van der Waals surface area (Å²) in [5.74, 6) is 0.196. The van der Waals surface area contributed by atoms with E-state index in [0.29, 0.717) is 0 Å². The summed E-state index contributed by atoms with van der Waals surface area (Å²) >= 11 is 1.90. The third-order valence-electron chi connectivity index (χ3n) is 4.06. The van der Waals surface area contributed by atoms with Gasteiger partial charge in [0.1, 0.15) is 5.75 Å². The van der Waals surface area contributed by atoms with Crippen LogP contribution in [-0.2, 0) is 0 Å². The molecule has 0 aliphatic heterocycles. The van der Waals surface area contributed by atoms with Crippen LogP contribution >= 0.6 is 11.8 Å². The molecule has 1 atom stereocenters. The highest BCUT2D eigenvalue weighted by Gasteiger charge is 2.25. The van der Waals surface area contributed by atoms with E-state index in [0.717, 1.165) is 24.9 Å². The van der Waals surface area contributed by atoms with Crippen molar-refractivity contribution in [3.05, 3.63) is 29.8 Å². The molecule has 1 rings (SSSR count). The first kappa shape index (κ1) is 18.2. The zero-order valence-corrected chi connectivity index (χ0v) is 14.0. The molecule has 0 aliphatic rings. The lowest BCUT2D eigenvalue weighted by molar-refractivity contribution is -0.0498. The molecule has 0 bridgehead atoms. The summed E-state index contributed by atoms with van der Waals surface area (Å²) in [4.78, 5) is 0. The van der Waals surface area contributed by atoms with E-state index in [1.807, 2.05) is 23.9 Å². The molecule has 0 aromatic heterocycles. The van der Waals surface area contributed by atoms with Crippen LogP contribution in [0.1, 0.15) is 45.2 Å². The second kappa shape index (κ2) is 8.59. The van der Waals surface area contributed by atoms with E-state index in [1.165, 1.54) is 0 Å². The van der Waals surface area contributed by atoms with Crippen molar-refractivity contribution >= 4 is 11.8 Å². The summed E-state index contributed by atoms with van der Waals surface area (Å²) in [7, 11) is 0. The lowest BCUT2D eigenvalue weighted by Crippen LogP contribution is -2.37. The third-order valence-corrected chi connectivity index (χ3v) is 5.65. The largest absolute Gasteiger partial charge is 0.435 e. The summed E-state index contributed by atoms with van der Waals surface area (Å²) < 4.78 is 28.8. The van der Waals surface area contributed by atoms with Gasteiger partial charge in [0.15, 0.2) is 0 Å². The van der Waals surface area contributed by atoms with Crippen molar-refractivity contribution in [2.75, 3.05) is 12.8 Å². The van der Waals surface area contributed by atoms with Gasteiger partial charge in [-0.15, -0.1) is 0 Å². The van der Waals surface area contributed by atoms with E-state index in [2.05, 4.69) is 37.1 Å². The second-order valence-corrected chi connectivity index (χ2v) is 6.42. The molecular formula is C16H25F2NOS. The van der Waals surface area contributed by atoms with Crippen LogP contribution < -0.4 is 10.1 Å². The van der Waals surface area contributed by atoms with Crippen molar-refractivity contribution in [1.82, 2.24) is 5.32 Å². The minimum atomic E-state index is -2.78. The van der Waals surface area contributed by atoms with Gasteiger partial charge < -0.3 is 10.1 Å². The fourth-order valence-electron chi connectivity index (χ4n) is 2.26. The van der Waals surface area contributed by atoms with Gasteiger partial charge in [-0.2, -0.15) is 20.5 Å². The maximum absolute atomic E-state index is 12.1. The van der Waals surface area contributed by atoms with E-state index in [1.54, 1.807) is 12.1 Å². The van der Waals surface area contributed by atoms with Gasteiger partial charge in [0.25, 0.3) is 0 Å². The van der Waals surface area contributed by atoms with Crippen molar-refractivity contribution < 1.29 is 13.5 Å². The molecule has 0 heterocycles. The van der Waals surface area contributed by atoms with Gasteiger partial charge in [0.05, 0.1) is 0 Å². The highest BCUT2D eigenvalue weighted by molar-refractivity contribution is 8.00. The van der Waals surface area contributed by atoms with E-state index >= 15 is 0 Å². The van der Waals surface area contributed by atoms with Gasteiger partial charge in [-0.1, -0.05) is 26.0 Å². The van der Waals surface area contributed by atoms with Crippen LogP contribution in [0.3, 0.4) is 0 Å². The Kier molecular flexibility index (Phi) is 7.46. The number of halogens is 2. The monoisotopic (exact) mass is 317 g/mol. The van der Waals surface area contributed by atoms with Gasteiger partial charge in [-0.3, -0.25) is 0 Å². The number of hydrogen-bond acceptors (Lipinski definition) is 3. The number of alkyl halides is 2. The van der Waals surface area contributed by atoms with Crippen LogP contribution in [0.25, 0.3) is 0 Å². The molecule has 0 aliphatic carbocycles. The van der Waals surface area contributed by atoms with Crippen molar-refractivity contribution in [2.45, 2.75) is 51.0 Å². The Morgan fingerprint density at radius 1 is 1.19 bits per heavy atom. The minimum absolute atomic E-state index is 0.176. The predicted molar refractivity (Wildman–Crippen MR) is 86.3 cm³/mol. The topological polar surface area (TPSA) is 21.3 Å². The SMILES string of the molecule is CCC(CC)(CNC(C)c1ccc(OC(F)F)cc1)SC. The van der Waals surface area contributed by atoms with E-state index < -0.39 is 6.61 Å². The van der Waals surface area contributed by atoms with E-state index in [-0.39, 0.29) is 16.5 Å². The molecule has 1 unspecified atom stereocenters. The molecule has 0 saturated carbocycles. The number of thioether (sulfide) groups is 1. The predicted octanol–water partition coefficient (Wildman–Crippen LogP) is 4.86. The first-order valence-corrected chi connectivity index (χ1v) is 8.52.